The number of allylic oxidation sites excluding steroid dienone is 4. The summed E-state index contributed by atoms with van der Waals surface area (Å²) in [5, 5.41) is 16.3. The summed E-state index contributed by atoms with van der Waals surface area (Å²) in [5.74, 6) is -1.87. The topological polar surface area (TPSA) is 95.1 Å². The first-order valence-electron chi connectivity index (χ1n) is 9.29. The number of rotatable bonds is 5. The van der Waals surface area contributed by atoms with E-state index in [-0.39, 0.29) is 30.2 Å². The van der Waals surface area contributed by atoms with Gasteiger partial charge < -0.3 is 9.94 Å². The van der Waals surface area contributed by atoms with Gasteiger partial charge in [0, 0.05) is 13.0 Å². The van der Waals surface area contributed by atoms with Gasteiger partial charge in [0.2, 0.25) is 5.69 Å². The number of aromatic nitrogens is 3. The maximum absolute atomic E-state index is 14.3. The SMILES string of the molecule is Cc1c(COc2ccc(-c3noc(=O)[nH]3)c(F)c2)sc(C2C=CC(C(F)(F)F)=CC2)[n+]1[O-]. The van der Waals surface area contributed by atoms with E-state index >= 15 is 0 Å². The van der Waals surface area contributed by atoms with Crippen LogP contribution in [0.4, 0.5) is 17.6 Å². The van der Waals surface area contributed by atoms with Crippen LogP contribution < -0.4 is 15.2 Å². The first-order chi connectivity index (χ1) is 15.1. The summed E-state index contributed by atoms with van der Waals surface area (Å²) in [6, 6.07) is 3.93. The molecule has 1 unspecified atom stereocenters. The Kier molecular flexibility index (Phi) is 5.63. The Bertz CT molecular complexity index is 1270. The van der Waals surface area contributed by atoms with E-state index in [4.69, 9.17) is 4.74 Å². The lowest BCUT2D eigenvalue weighted by Crippen LogP contribution is -2.33. The van der Waals surface area contributed by atoms with E-state index in [1.807, 2.05) is 0 Å². The molecule has 0 spiro atoms. The summed E-state index contributed by atoms with van der Waals surface area (Å²) in [6.07, 6.45) is -0.943. The molecule has 0 aliphatic heterocycles. The highest BCUT2D eigenvalue weighted by Crippen LogP contribution is 2.36. The molecule has 0 bridgehead atoms. The molecule has 0 saturated heterocycles. The second-order valence-corrected chi connectivity index (χ2v) is 8.09. The van der Waals surface area contributed by atoms with Crippen LogP contribution in [0.1, 0.15) is 27.9 Å². The zero-order chi connectivity index (χ0) is 23.0. The minimum atomic E-state index is -4.42. The lowest BCUT2D eigenvalue weighted by Gasteiger charge is -2.15. The maximum Gasteiger partial charge on any atom is 0.439 e. The number of nitrogens with one attached hydrogen (secondary N) is 1. The van der Waals surface area contributed by atoms with Gasteiger partial charge in [-0.15, -0.1) is 0 Å². The molecule has 4 rings (SSSR count). The zero-order valence-electron chi connectivity index (χ0n) is 16.4. The van der Waals surface area contributed by atoms with Gasteiger partial charge in [0.05, 0.1) is 17.1 Å². The molecule has 0 radical (unpaired) electrons. The van der Waals surface area contributed by atoms with Crippen LogP contribution in [-0.2, 0) is 6.61 Å². The molecular formula is C20H15F4N3O4S. The van der Waals surface area contributed by atoms with Crippen LogP contribution in [0.3, 0.4) is 0 Å². The van der Waals surface area contributed by atoms with Gasteiger partial charge >= 0.3 is 11.9 Å². The van der Waals surface area contributed by atoms with Crippen molar-refractivity contribution in [3.63, 3.8) is 0 Å². The first-order valence-corrected chi connectivity index (χ1v) is 10.1. The number of aromatic amines is 1. The van der Waals surface area contributed by atoms with Crippen molar-refractivity contribution in [1.29, 1.82) is 0 Å². The van der Waals surface area contributed by atoms with Crippen molar-refractivity contribution in [2.75, 3.05) is 0 Å². The molecule has 1 N–H and O–H groups in total. The van der Waals surface area contributed by atoms with Crippen molar-refractivity contribution >= 4 is 11.3 Å². The van der Waals surface area contributed by atoms with E-state index in [0.717, 1.165) is 29.6 Å². The Morgan fingerprint density at radius 1 is 1.41 bits per heavy atom. The van der Waals surface area contributed by atoms with Crippen LogP contribution in [0.2, 0.25) is 0 Å². The minimum Gasteiger partial charge on any atom is -0.618 e. The molecule has 7 nitrogen and oxygen atoms in total. The van der Waals surface area contributed by atoms with Crippen LogP contribution in [0.5, 0.6) is 5.75 Å². The molecule has 1 aromatic carbocycles. The van der Waals surface area contributed by atoms with E-state index in [1.54, 1.807) is 6.92 Å². The van der Waals surface area contributed by atoms with Gasteiger partial charge in [-0.1, -0.05) is 34.7 Å². The number of hydrogen-bond donors (Lipinski definition) is 1. The molecule has 0 saturated carbocycles. The Morgan fingerprint density at radius 3 is 2.78 bits per heavy atom. The highest BCUT2D eigenvalue weighted by Gasteiger charge is 2.35. The van der Waals surface area contributed by atoms with Gasteiger partial charge in [0.15, 0.2) is 5.82 Å². The van der Waals surface area contributed by atoms with Crippen LogP contribution in [-0.4, -0.2) is 16.3 Å². The molecule has 12 heteroatoms. The van der Waals surface area contributed by atoms with Gasteiger partial charge in [-0.25, -0.2) is 9.18 Å². The van der Waals surface area contributed by atoms with E-state index in [1.165, 1.54) is 18.2 Å². The molecule has 3 aromatic rings. The number of ether oxygens (including phenoxy) is 1. The Hall–Kier alpha value is -3.41. The number of thiazole rings is 1. The van der Waals surface area contributed by atoms with Crippen molar-refractivity contribution in [3.8, 4) is 17.1 Å². The number of H-pyrrole nitrogens is 1. The summed E-state index contributed by atoms with van der Waals surface area (Å²) in [5.41, 5.74) is -0.352. The molecule has 2 aromatic heterocycles. The van der Waals surface area contributed by atoms with E-state index < -0.39 is 29.2 Å². The predicted molar refractivity (Wildman–Crippen MR) is 106 cm³/mol. The van der Waals surface area contributed by atoms with E-state index in [9.17, 15) is 27.6 Å². The second kappa shape index (κ2) is 8.26. The fraction of sp³-hybridized carbons (Fsp3) is 0.250. The van der Waals surface area contributed by atoms with Crippen LogP contribution >= 0.6 is 11.3 Å². The average molecular weight is 469 g/mol. The summed E-state index contributed by atoms with van der Waals surface area (Å²) < 4.78 is 63.3. The molecular weight excluding hydrogens is 454 g/mol. The fourth-order valence-corrected chi connectivity index (χ4v) is 4.31. The third-order valence-electron chi connectivity index (χ3n) is 4.89. The number of benzene rings is 1. The van der Waals surface area contributed by atoms with Crippen molar-refractivity contribution in [2.45, 2.75) is 32.0 Å². The molecule has 2 heterocycles. The first kappa shape index (κ1) is 21.8. The molecule has 1 aliphatic rings. The summed E-state index contributed by atoms with van der Waals surface area (Å²) in [4.78, 5) is 13.8. The van der Waals surface area contributed by atoms with E-state index in [0.29, 0.717) is 20.3 Å². The molecule has 168 valence electrons. The van der Waals surface area contributed by atoms with Crippen molar-refractivity contribution < 1.29 is 31.6 Å². The molecule has 32 heavy (non-hydrogen) atoms. The molecule has 0 fully saturated rings. The van der Waals surface area contributed by atoms with Crippen molar-refractivity contribution in [3.05, 3.63) is 79.2 Å². The fourth-order valence-electron chi connectivity index (χ4n) is 3.17. The molecule has 1 atom stereocenters. The van der Waals surface area contributed by atoms with Gasteiger partial charge in [-0.05, 0) is 18.6 Å². The van der Waals surface area contributed by atoms with Crippen LogP contribution in [0, 0.1) is 17.9 Å². The molecule has 0 amide bonds. The average Bonchev–Trinajstić information content (AvgIpc) is 3.30. The summed E-state index contributed by atoms with van der Waals surface area (Å²) >= 11 is 1.14. The monoisotopic (exact) mass is 469 g/mol. The predicted octanol–water partition coefficient (Wildman–Crippen LogP) is 4.28. The highest BCUT2D eigenvalue weighted by molar-refractivity contribution is 7.11. The van der Waals surface area contributed by atoms with Crippen molar-refractivity contribution in [2.24, 2.45) is 0 Å². The summed E-state index contributed by atoms with van der Waals surface area (Å²) in [7, 11) is 0. The number of halogens is 4. The van der Waals surface area contributed by atoms with Gasteiger partial charge in [0.25, 0.3) is 5.01 Å². The Balaban J connectivity index is 1.47. The summed E-state index contributed by atoms with van der Waals surface area (Å²) in [6.45, 7) is 1.55. The standard InChI is InChI=1S/C20H15F4N3O4S/c1-10-16(32-18(27(10)29)11-2-4-12(5-3-11)20(22,23)24)9-30-13-6-7-14(15(21)8-13)17-25-19(28)31-26-17/h2,4-8,11H,3,9H2,1H3,(H,25,26,28). The van der Waals surface area contributed by atoms with Crippen LogP contribution in [0.25, 0.3) is 11.4 Å². The largest absolute Gasteiger partial charge is 0.618 e. The maximum atomic E-state index is 14.3. The number of hydrogen-bond acceptors (Lipinski definition) is 6. The van der Waals surface area contributed by atoms with E-state index in [2.05, 4.69) is 14.7 Å². The molecule has 1 aliphatic carbocycles. The minimum absolute atomic E-state index is 0.0190. The number of nitrogens with zero attached hydrogens (tertiary/aromatic N) is 2. The number of alkyl halides is 3. The lowest BCUT2D eigenvalue weighted by atomic mass is 9.97. The third kappa shape index (κ3) is 4.31. The van der Waals surface area contributed by atoms with Crippen LogP contribution in [0.15, 0.2) is 51.3 Å². The quantitative estimate of drug-likeness (QED) is 0.342. The normalized spacial score (nSPS) is 16.3. The highest BCUT2D eigenvalue weighted by atomic mass is 32.1. The third-order valence-corrected chi connectivity index (χ3v) is 6.22. The smallest absolute Gasteiger partial charge is 0.439 e. The van der Waals surface area contributed by atoms with Crippen molar-refractivity contribution in [1.82, 2.24) is 10.1 Å². The Labute approximate surface area is 181 Å². The van der Waals surface area contributed by atoms with Gasteiger partial charge in [0.1, 0.15) is 23.1 Å². The van der Waals surface area contributed by atoms with Gasteiger partial charge in [-0.2, -0.15) is 17.9 Å². The second-order valence-electron chi connectivity index (χ2n) is 6.98. The van der Waals surface area contributed by atoms with Gasteiger partial charge in [-0.3, -0.25) is 9.51 Å². The lowest BCUT2D eigenvalue weighted by molar-refractivity contribution is -0.616. The Morgan fingerprint density at radius 2 is 2.19 bits per heavy atom. The zero-order valence-corrected chi connectivity index (χ0v) is 17.2.